The number of H-pyrrole nitrogens is 1. The summed E-state index contributed by atoms with van der Waals surface area (Å²) >= 11 is 0. The third-order valence-corrected chi connectivity index (χ3v) is 8.06. The molecule has 3 aromatic carbocycles. The first-order valence-corrected chi connectivity index (χ1v) is 11.8. The maximum absolute atomic E-state index is 12.5. The van der Waals surface area contributed by atoms with Crippen LogP contribution in [-0.4, -0.2) is 38.8 Å². The molecule has 2 unspecified atom stereocenters. The number of para-hydroxylation sites is 1. The number of benzene rings is 3. The first kappa shape index (κ1) is 20.5. The zero-order valence-electron chi connectivity index (χ0n) is 19.0. The van der Waals surface area contributed by atoms with Crippen LogP contribution in [0.1, 0.15) is 34.4 Å². The number of likely N-dealkylation sites (tertiary alicyclic amines) is 1. The topological polar surface area (TPSA) is 59.5 Å². The van der Waals surface area contributed by atoms with Crippen molar-refractivity contribution in [1.82, 2.24) is 9.88 Å². The van der Waals surface area contributed by atoms with Crippen molar-refractivity contribution in [3.05, 3.63) is 101 Å². The average Bonchev–Trinajstić information content (AvgIpc) is 3.16. The zero-order valence-corrected chi connectivity index (χ0v) is 19.0. The molecule has 168 valence electrons. The van der Waals surface area contributed by atoms with Crippen molar-refractivity contribution in [2.75, 3.05) is 13.1 Å². The molecule has 6 rings (SSSR count). The number of phenolic OH excluding ortho intramolecular Hbond substituents is 1. The fourth-order valence-electron chi connectivity index (χ4n) is 6.38. The lowest BCUT2D eigenvalue weighted by Crippen LogP contribution is -2.66. The number of β-amino-alcohol motifs (C(OH)–C–C–N with tert-alkyl or cyclic N) is 1. The molecule has 33 heavy (non-hydrogen) atoms. The van der Waals surface area contributed by atoms with E-state index in [1.807, 2.05) is 18.2 Å². The van der Waals surface area contributed by atoms with E-state index in [0.29, 0.717) is 13.0 Å². The van der Waals surface area contributed by atoms with Gasteiger partial charge in [0, 0.05) is 47.9 Å². The van der Waals surface area contributed by atoms with Crippen LogP contribution in [0, 0.1) is 6.92 Å². The molecular formula is C29H30N2O2. The second kappa shape index (κ2) is 7.47. The van der Waals surface area contributed by atoms with E-state index in [-0.39, 0.29) is 5.75 Å². The van der Waals surface area contributed by atoms with Gasteiger partial charge in [-0.1, -0.05) is 60.7 Å². The number of aliphatic hydroxyl groups is 1. The van der Waals surface area contributed by atoms with Crippen molar-refractivity contribution < 1.29 is 10.2 Å². The molecule has 0 radical (unpaired) electrons. The van der Waals surface area contributed by atoms with Gasteiger partial charge in [0.1, 0.15) is 5.75 Å². The van der Waals surface area contributed by atoms with Gasteiger partial charge in [0.2, 0.25) is 0 Å². The molecule has 0 amide bonds. The van der Waals surface area contributed by atoms with Crippen LogP contribution in [0.3, 0.4) is 0 Å². The highest BCUT2D eigenvalue weighted by atomic mass is 16.3. The molecular weight excluding hydrogens is 408 g/mol. The van der Waals surface area contributed by atoms with E-state index in [1.54, 1.807) is 6.07 Å². The van der Waals surface area contributed by atoms with Gasteiger partial charge in [0.25, 0.3) is 0 Å². The number of phenols is 1. The predicted molar refractivity (Wildman–Crippen MR) is 132 cm³/mol. The van der Waals surface area contributed by atoms with Crippen LogP contribution in [0.4, 0.5) is 0 Å². The SMILES string of the molecule is Cc1cccc2c3c([nH]c12)CC1(c2cccc(O)c2)CCN(Cc2ccccc2)CC1(O)C3. The number of hydrogen-bond donors (Lipinski definition) is 3. The van der Waals surface area contributed by atoms with Gasteiger partial charge < -0.3 is 15.2 Å². The molecule has 1 fully saturated rings. The van der Waals surface area contributed by atoms with Crippen LogP contribution in [-0.2, 0) is 24.8 Å². The van der Waals surface area contributed by atoms with Crippen molar-refractivity contribution in [3.8, 4) is 5.75 Å². The van der Waals surface area contributed by atoms with Gasteiger partial charge in [-0.25, -0.2) is 0 Å². The number of piperidine rings is 1. The minimum Gasteiger partial charge on any atom is -0.508 e. The molecule has 2 atom stereocenters. The highest BCUT2D eigenvalue weighted by Crippen LogP contribution is 2.52. The van der Waals surface area contributed by atoms with Gasteiger partial charge in [0.15, 0.2) is 0 Å². The second-order valence-electron chi connectivity index (χ2n) is 10.0. The summed E-state index contributed by atoms with van der Waals surface area (Å²) in [6, 6.07) is 24.5. The third-order valence-electron chi connectivity index (χ3n) is 8.06. The second-order valence-corrected chi connectivity index (χ2v) is 10.0. The van der Waals surface area contributed by atoms with Crippen LogP contribution in [0.5, 0.6) is 5.75 Å². The van der Waals surface area contributed by atoms with Crippen LogP contribution in [0.25, 0.3) is 10.9 Å². The molecule has 4 heteroatoms. The molecule has 1 aliphatic heterocycles. The quantitative estimate of drug-likeness (QED) is 0.428. The molecule has 1 aromatic heterocycles. The number of hydrogen-bond acceptors (Lipinski definition) is 3. The summed E-state index contributed by atoms with van der Waals surface area (Å²) in [4.78, 5) is 6.10. The lowest BCUT2D eigenvalue weighted by molar-refractivity contribution is -0.105. The number of nitrogens with one attached hydrogen (secondary N) is 1. The molecule has 0 spiro atoms. The van der Waals surface area contributed by atoms with Gasteiger partial charge in [-0.05, 0) is 54.3 Å². The monoisotopic (exact) mass is 438 g/mol. The Hall–Kier alpha value is -3.08. The van der Waals surface area contributed by atoms with Crippen molar-refractivity contribution in [2.24, 2.45) is 0 Å². The predicted octanol–water partition coefficient (Wildman–Crippen LogP) is 4.86. The Morgan fingerprint density at radius 1 is 0.970 bits per heavy atom. The fourth-order valence-corrected chi connectivity index (χ4v) is 6.38. The van der Waals surface area contributed by atoms with Crippen molar-refractivity contribution in [3.63, 3.8) is 0 Å². The number of nitrogens with zero attached hydrogens (tertiary/aromatic N) is 1. The Bertz CT molecular complexity index is 1330. The van der Waals surface area contributed by atoms with E-state index in [2.05, 4.69) is 65.3 Å². The molecule has 3 N–H and O–H groups in total. The van der Waals surface area contributed by atoms with Crippen molar-refractivity contribution >= 4 is 10.9 Å². The molecule has 4 aromatic rings. The normalized spacial score (nSPS) is 25.0. The van der Waals surface area contributed by atoms with Crippen molar-refractivity contribution in [2.45, 2.75) is 43.7 Å². The first-order valence-electron chi connectivity index (χ1n) is 11.8. The molecule has 2 heterocycles. The van der Waals surface area contributed by atoms with Crippen LogP contribution in [0.2, 0.25) is 0 Å². The van der Waals surface area contributed by atoms with Gasteiger partial charge in [-0.3, -0.25) is 4.90 Å². The third kappa shape index (κ3) is 3.20. The van der Waals surface area contributed by atoms with Gasteiger partial charge in [-0.15, -0.1) is 0 Å². The first-order chi connectivity index (χ1) is 16.0. The zero-order chi connectivity index (χ0) is 22.6. The van der Waals surface area contributed by atoms with E-state index in [1.165, 1.54) is 33.3 Å². The summed E-state index contributed by atoms with van der Waals surface area (Å²) in [6.07, 6.45) is 2.19. The Labute approximate surface area is 194 Å². The lowest BCUT2D eigenvalue weighted by Gasteiger charge is -2.56. The molecule has 0 bridgehead atoms. The average molecular weight is 439 g/mol. The van der Waals surface area contributed by atoms with E-state index < -0.39 is 11.0 Å². The van der Waals surface area contributed by atoms with Crippen molar-refractivity contribution in [1.29, 1.82) is 0 Å². The number of aromatic nitrogens is 1. The lowest BCUT2D eigenvalue weighted by atomic mass is 9.56. The standard InChI is InChI=1S/C29H30N2O2/c1-20-7-5-12-24-25-16-29(33)19-31(18-21-8-3-2-4-9-21)14-13-28(29,17-26(25)30-27(20)24)22-10-6-11-23(32)15-22/h2-12,15,30,32-33H,13-14,16-19H2,1H3. The summed E-state index contributed by atoms with van der Waals surface area (Å²) < 4.78 is 0. The summed E-state index contributed by atoms with van der Waals surface area (Å²) in [6.45, 7) is 4.48. The Morgan fingerprint density at radius 2 is 1.79 bits per heavy atom. The minimum atomic E-state index is -0.931. The van der Waals surface area contributed by atoms with Crippen LogP contribution in [0.15, 0.2) is 72.8 Å². The Balaban J connectivity index is 1.47. The Morgan fingerprint density at radius 3 is 2.61 bits per heavy atom. The van der Waals surface area contributed by atoms with Gasteiger partial charge in [0.05, 0.1) is 5.60 Å². The largest absolute Gasteiger partial charge is 0.508 e. The number of aromatic hydroxyl groups is 1. The van der Waals surface area contributed by atoms with Gasteiger partial charge in [-0.2, -0.15) is 0 Å². The van der Waals surface area contributed by atoms with E-state index >= 15 is 0 Å². The summed E-state index contributed by atoms with van der Waals surface area (Å²) in [5.41, 5.74) is 5.80. The maximum Gasteiger partial charge on any atom is 0.115 e. The fraction of sp³-hybridized carbons (Fsp3) is 0.310. The van der Waals surface area contributed by atoms with E-state index in [4.69, 9.17) is 0 Å². The Kier molecular flexibility index (Phi) is 4.65. The maximum atomic E-state index is 12.5. The van der Waals surface area contributed by atoms with Gasteiger partial charge >= 0.3 is 0 Å². The molecule has 4 nitrogen and oxygen atoms in total. The van der Waals surface area contributed by atoms with E-state index in [0.717, 1.165) is 31.5 Å². The number of rotatable bonds is 3. The summed E-state index contributed by atoms with van der Waals surface area (Å²) in [5, 5.41) is 24.0. The molecule has 1 saturated heterocycles. The smallest absolute Gasteiger partial charge is 0.115 e. The number of aromatic amines is 1. The molecule has 1 aliphatic carbocycles. The van der Waals surface area contributed by atoms with Crippen LogP contribution >= 0.6 is 0 Å². The summed E-state index contributed by atoms with van der Waals surface area (Å²) in [5.74, 6) is 0.259. The van der Waals surface area contributed by atoms with Crippen LogP contribution < -0.4 is 0 Å². The molecule has 0 saturated carbocycles. The minimum absolute atomic E-state index is 0.259. The number of fused-ring (bicyclic) bond motifs is 4. The van der Waals surface area contributed by atoms with E-state index in [9.17, 15) is 10.2 Å². The highest BCUT2D eigenvalue weighted by molar-refractivity contribution is 5.88. The summed E-state index contributed by atoms with van der Waals surface area (Å²) in [7, 11) is 0. The molecule has 2 aliphatic rings. The number of aryl methyl sites for hydroxylation is 1. The highest BCUT2D eigenvalue weighted by Gasteiger charge is 2.57.